The molecule has 0 aromatic rings. The highest BCUT2D eigenvalue weighted by Gasteiger charge is 2.17. The van der Waals surface area contributed by atoms with E-state index in [1.807, 2.05) is 0 Å². The average Bonchev–Trinajstić information content (AvgIpc) is 2.35. The summed E-state index contributed by atoms with van der Waals surface area (Å²) in [5.41, 5.74) is 7.96. The van der Waals surface area contributed by atoms with Crippen molar-refractivity contribution in [3.8, 4) is 0 Å². The van der Waals surface area contributed by atoms with Gasteiger partial charge in [-0.05, 0) is 54.7 Å². The minimum atomic E-state index is -0.00604. The van der Waals surface area contributed by atoms with Gasteiger partial charge in [-0.2, -0.15) is 23.5 Å². The van der Waals surface area contributed by atoms with Gasteiger partial charge in [-0.3, -0.25) is 4.99 Å². The molecule has 0 heterocycles. The first kappa shape index (κ1) is 16.8. The predicted octanol–water partition coefficient (Wildman–Crippen LogP) is 3.00. The maximum Gasteiger partial charge on any atom is 0.0747 e. The lowest BCUT2D eigenvalue weighted by molar-refractivity contribution is 0.703. The zero-order chi connectivity index (χ0) is 13.3. The molecule has 0 saturated heterocycles. The molecule has 98 valence electrons. The molecule has 0 aliphatic rings. The number of aliphatic imine (C=N–C) groups is 1. The standard InChI is InChI=1S/C13H24N2S2/c1-10(12(14)6-8-16-4)11(2)13(15-3)7-9-17-5/h12-13H,1-3,6-9,14H2,4-5H3/t12-,13-/m0/s1. The Hall–Kier alpha value is -0.190. The third-order valence-electron chi connectivity index (χ3n) is 2.71. The lowest BCUT2D eigenvalue weighted by atomic mass is 9.93. The van der Waals surface area contributed by atoms with E-state index in [1.54, 1.807) is 23.5 Å². The van der Waals surface area contributed by atoms with Crippen molar-refractivity contribution in [2.24, 2.45) is 10.7 Å². The lowest BCUT2D eigenvalue weighted by Gasteiger charge is -2.21. The fourth-order valence-electron chi connectivity index (χ4n) is 1.48. The first-order chi connectivity index (χ1) is 8.08. The average molecular weight is 272 g/mol. The molecule has 0 aromatic heterocycles. The minimum absolute atomic E-state index is 0.00604. The van der Waals surface area contributed by atoms with Gasteiger partial charge in [0, 0.05) is 6.04 Å². The van der Waals surface area contributed by atoms with Crippen LogP contribution in [0.1, 0.15) is 12.8 Å². The van der Waals surface area contributed by atoms with Crippen molar-refractivity contribution < 1.29 is 0 Å². The van der Waals surface area contributed by atoms with E-state index in [9.17, 15) is 0 Å². The molecule has 0 unspecified atom stereocenters. The van der Waals surface area contributed by atoms with Crippen molar-refractivity contribution in [1.82, 2.24) is 0 Å². The van der Waals surface area contributed by atoms with Crippen molar-refractivity contribution in [1.29, 1.82) is 0 Å². The molecule has 0 rings (SSSR count). The summed E-state index contributed by atoms with van der Waals surface area (Å²) in [6.45, 7) is 11.8. The van der Waals surface area contributed by atoms with Crippen molar-refractivity contribution >= 4 is 30.2 Å². The molecule has 17 heavy (non-hydrogen) atoms. The van der Waals surface area contributed by atoms with Crippen LogP contribution in [0.3, 0.4) is 0 Å². The van der Waals surface area contributed by atoms with E-state index in [1.165, 1.54) is 0 Å². The number of hydrogen-bond donors (Lipinski definition) is 1. The molecular weight excluding hydrogens is 248 g/mol. The van der Waals surface area contributed by atoms with E-state index in [2.05, 4.69) is 37.4 Å². The quantitative estimate of drug-likeness (QED) is 0.491. The molecule has 2 atom stereocenters. The van der Waals surface area contributed by atoms with E-state index in [-0.39, 0.29) is 12.1 Å². The van der Waals surface area contributed by atoms with Crippen LogP contribution in [-0.2, 0) is 0 Å². The highest BCUT2D eigenvalue weighted by Crippen LogP contribution is 2.21. The monoisotopic (exact) mass is 272 g/mol. The van der Waals surface area contributed by atoms with Gasteiger partial charge in [0.2, 0.25) is 0 Å². The van der Waals surface area contributed by atoms with Gasteiger partial charge in [-0.1, -0.05) is 13.2 Å². The lowest BCUT2D eigenvalue weighted by Crippen LogP contribution is -2.26. The molecule has 2 N–H and O–H groups in total. The Bertz CT molecular complexity index is 264. The molecule has 0 spiro atoms. The number of hydrogen-bond acceptors (Lipinski definition) is 4. The second kappa shape index (κ2) is 9.80. The van der Waals surface area contributed by atoms with E-state index in [0.717, 1.165) is 35.5 Å². The van der Waals surface area contributed by atoms with Gasteiger partial charge in [0.15, 0.2) is 0 Å². The zero-order valence-corrected chi connectivity index (χ0v) is 12.6. The Kier molecular flexibility index (Phi) is 9.69. The van der Waals surface area contributed by atoms with Crippen LogP contribution in [0.15, 0.2) is 29.3 Å². The maximum absolute atomic E-state index is 6.08. The molecule has 0 saturated carbocycles. The van der Waals surface area contributed by atoms with Crippen LogP contribution >= 0.6 is 23.5 Å². The Balaban J connectivity index is 4.34. The Morgan fingerprint density at radius 1 is 1.12 bits per heavy atom. The second-order valence-electron chi connectivity index (χ2n) is 3.92. The van der Waals surface area contributed by atoms with Gasteiger partial charge in [0.05, 0.1) is 6.04 Å². The zero-order valence-electron chi connectivity index (χ0n) is 10.9. The van der Waals surface area contributed by atoms with Gasteiger partial charge >= 0.3 is 0 Å². The molecule has 0 radical (unpaired) electrons. The topological polar surface area (TPSA) is 38.4 Å². The van der Waals surface area contributed by atoms with Crippen molar-refractivity contribution in [2.45, 2.75) is 24.9 Å². The largest absolute Gasteiger partial charge is 0.324 e. The van der Waals surface area contributed by atoms with E-state index in [0.29, 0.717) is 0 Å². The van der Waals surface area contributed by atoms with Gasteiger partial charge in [-0.25, -0.2) is 0 Å². The van der Waals surface area contributed by atoms with Gasteiger partial charge in [0.25, 0.3) is 0 Å². The fourth-order valence-corrected chi connectivity index (χ4v) is 2.42. The SMILES string of the molecule is C=N[C@@H](CCSC)C(=C)C(=C)[C@@H](N)CCSC. The van der Waals surface area contributed by atoms with Crippen LogP contribution in [0, 0.1) is 0 Å². The van der Waals surface area contributed by atoms with Crippen LogP contribution in [0.5, 0.6) is 0 Å². The van der Waals surface area contributed by atoms with Gasteiger partial charge < -0.3 is 5.73 Å². The summed E-state index contributed by atoms with van der Waals surface area (Å²) < 4.78 is 0. The third-order valence-corrected chi connectivity index (χ3v) is 4.00. The normalized spacial score (nSPS) is 14.1. The molecule has 0 aliphatic carbocycles. The summed E-state index contributed by atoms with van der Waals surface area (Å²) in [7, 11) is 0. The summed E-state index contributed by atoms with van der Waals surface area (Å²) in [6, 6.07) is 0.0590. The number of rotatable bonds is 10. The number of nitrogens with two attached hydrogens (primary N) is 1. The first-order valence-corrected chi connectivity index (χ1v) is 8.44. The van der Waals surface area contributed by atoms with Crippen molar-refractivity contribution in [3.63, 3.8) is 0 Å². The van der Waals surface area contributed by atoms with Gasteiger partial charge in [0.1, 0.15) is 0 Å². The highest BCUT2D eigenvalue weighted by molar-refractivity contribution is 7.98. The summed E-state index contributed by atoms with van der Waals surface area (Å²) in [5, 5.41) is 0. The molecule has 0 amide bonds. The van der Waals surface area contributed by atoms with E-state index >= 15 is 0 Å². The molecule has 0 aromatic carbocycles. The van der Waals surface area contributed by atoms with Crippen LogP contribution < -0.4 is 5.73 Å². The second-order valence-corrected chi connectivity index (χ2v) is 5.89. The van der Waals surface area contributed by atoms with Gasteiger partial charge in [-0.15, -0.1) is 0 Å². The summed E-state index contributed by atoms with van der Waals surface area (Å²) in [6.07, 6.45) is 6.06. The molecule has 2 nitrogen and oxygen atoms in total. The van der Waals surface area contributed by atoms with Crippen LogP contribution in [0.4, 0.5) is 0 Å². The first-order valence-electron chi connectivity index (χ1n) is 5.65. The summed E-state index contributed by atoms with van der Waals surface area (Å²) >= 11 is 3.60. The van der Waals surface area contributed by atoms with Crippen LogP contribution in [-0.4, -0.2) is 42.8 Å². The molecular formula is C13H24N2S2. The predicted molar refractivity (Wildman–Crippen MR) is 85.6 cm³/mol. The van der Waals surface area contributed by atoms with Crippen LogP contribution in [0.2, 0.25) is 0 Å². The highest BCUT2D eigenvalue weighted by atomic mass is 32.2. The molecule has 0 bridgehead atoms. The number of nitrogens with zero attached hydrogens (tertiary/aromatic N) is 1. The van der Waals surface area contributed by atoms with Crippen LogP contribution in [0.25, 0.3) is 0 Å². The summed E-state index contributed by atoms with van der Waals surface area (Å²) in [5.74, 6) is 2.10. The number of thioether (sulfide) groups is 2. The fraction of sp³-hybridized carbons (Fsp3) is 0.615. The van der Waals surface area contributed by atoms with Crippen molar-refractivity contribution in [2.75, 3.05) is 24.0 Å². The van der Waals surface area contributed by atoms with E-state index in [4.69, 9.17) is 5.73 Å². The Morgan fingerprint density at radius 2 is 1.65 bits per heavy atom. The third kappa shape index (κ3) is 6.34. The molecule has 0 aliphatic heterocycles. The van der Waals surface area contributed by atoms with E-state index < -0.39 is 0 Å². The maximum atomic E-state index is 6.08. The molecule has 4 heteroatoms. The Morgan fingerprint density at radius 3 is 2.12 bits per heavy atom. The minimum Gasteiger partial charge on any atom is -0.324 e. The van der Waals surface area contributed by atoms with Crippen molar-refractivity contribution in [3.05, 3.63) is 24.3 Å². The Labute approximate surface area is 114 Å². The molecule has 0 fully saturated rings. The summed E-state index contributed by atoms with van der Waals surface area (Å²) in [4.78, 5) is 4.12. The smallest absolute Gasteiger partial charge is 0.0747 e.